The minimum atomic E-state index is -1.45. The molecule has 0 aliphatic heterocycles. The third-order valence-electron chi connectivity index (χ3n) is 4.82. The number of aromatic nitrogens is 4. The normalized spacial score (nSPS) is 11.8. The lowest BCUT2D eigenvalue weighted by Gasteiger charge is -2.24. The number of hydrogen-bond acceptors (Lipinski definition) is 9. The van der Waals surface area contributed by atoms with Crippen LogP contribution in [0.2, 0.25) is 0 Å². The number of nitrogens with one attached hydrogen (secondary N) is 3. The first-order valence-corrected chi connectivity index (χ1v) is 11.6. The summed E-state index contributed by atoms with van der Waals surface area (Å²) in [5.41, 5.74) is -0.747. The average Bonchev–Trinajstić information content (AvgIpc) is 3.10. The van der Waals surface area contributed by atoms with E-state index in [2.05, 4.69) is 46.7 Å². The Labute approximate surface area is 209 Å². The SMILES string of the molecule is CC(C)(C)OC(=O)NCCN(CC(=O)[O-])C(=O)Cn1cnc2c(NCCC[N+](C)(C)C)[nH]c(=O)nc21. The monoisotopic (exact) mass is 508 g/mol. The third-order valence-corrected chi connectivity index (χ3v) is 4.82. The van der Waals surface area contributed by atoms with Crippen molar-refractivity contribution in [2.45, 2.75) is 39.3 Å². The molecule has 0 fully saturated rings. The highest BCUT2D eigenvalue weighted by Gasteiger charge is 2.20. The highest BCUT2D eigenvalue weighted by atomic mass is 16.6. The summed E-state index contributed by atoms with van der Waals surface area (Å²) in [5, 5.41) is 16.8. The van der Waals surface area contributed by atoms with Gasteiger partial charge in [0.15, 0.2) is 5.65 Å². The van der Waals surface area contributed by atoms with E-state index in [0.29, 0.717) is 17.9 Å². The maximum atomic E-state index is 12.9. The number of hydrogen-bond donors (Lipinski definition) is 3. The Hall–Kier alpha value is -3.68. The van der Waals surface area contributed by atoms with Crippen LogP contribution < -0.4 is 21.4 Å². The number of nitrogens with zero attached hydrogens (tertiary/aromatic N) is 5. The fourth-order valence-corrected chi connectivity index (χ4v) is 3.27. The summed E-state index contributed by atoms with van der Waals surface area (Å²) < 4.78 is 7.30. The number of anilines is 1. The van der Waals surface area contributed by atoms with E-state index in [4.69, 9.17) is 4.74 Å². The molecule has 0 bridgehead atoms. The van der Waals surface area contributed by atoms with Crippen molar-refractivity contribution in [1.29, 1.82) is 0 Å². The molecule has 14 nitrogen and oxygen atoms in total. The van der Waals surface area contributed by atoms with Crippen LogP contribution in [0.25, 0.3) is 11.2 Å². The molecule has 0 saturated carbocycles. The summed E-state index contributed by atoms with van der Waals surface area (Å²) in [6.07, 6.45) is 1.52. The number of aromatic amines is 1. The molecule has 0 spiro atoms. The molecule has 36 heavy (non-hydrogen) atoms. The Morgan fingerprint density at radius 1 is 1.22 bits per heavy atom. The van der Waals surface area contributed by atoms with Crippen molar-refractivity contribution >= 4 is 35.0 Å². The van der Waals surface area contributed by atoms with E-state index in [-0.39, 0.29) is 25.3 Å². The summed E-state index contributed by atoms with van der Waals surface area (Å²) in [4.78, 5) is 59.9. The number of amides is 2. The van der Waals surface area contributed by atoms with Gasteiger partial charge in [-0.25, -0.2) is 14.6 Å². The molecule has 200 valence electrons. The summed E-state index contributed by atoms with van der Waals surface area (Å²) >= 11 is 0. The Bertz CT molecular complexity index is 1130. The van der Waals surface area contributed by atoms with Gasteiger partial charge in [0.2, 0.25) is 5.91 Å². The minimum Gasteiger partial charge on any atom is -0.548 e. The average molecular weight is 509 g/mol. The zero-order valence-corrected chi connectivity index (χ0v) is 21.7. The molecule has 0 saturated heterocycles. The number of ether oxygens (including phenoxy) is 1. The van der Waals surface area contributed by atoms with Crippen molar-refractivity contribution < 1.29 is 28.7 Å². The van der Waals surface area contributed by atoms with Crippen LogP contribution in [-0.2, 0) is 20.9 Å². The quantitative estimate of drug-likeness (QED) is 0.233. The van der Waals surface area contributed by atoms with Gasteiger partial charge in [-0.2, -0.15) is 4.98 Å². The number of aliphatic carboxylic acids is 1. The van der Waals surface area contributed by atoms with Crippen LogP contribution in [0.15, 0.2) is 11.1 Å². The van der Waals surface area contributed by atoms with Gasteiger partial charge in [-0.1, -0.05) is 0 Å². The first-order chi connectivity index (χ1) is 16.6. The lowest BCUT2D eigenvalue weighted by Crippen LogP contribution is -2.46. The molecule has 2 heterocycles. The number of imidazole rings is 1. The smallest absolute Gasteiger partial charge is 0.407 e. The first kappa shape index (κ1) is 28.6. The van der Waals surface area contributed by atoms with Gasteiger partial charge in [0.25, 0.3) is 0 Å². The lowest BCUT2D eigenvalue weighted by atomic mass is 10.2. The number of carboxylic acids is 1. The Morgan fingerprint density at radius 2 is 1.92 bits per heavy atom. The molecule has 0 unspecified atom stereocenters. The standard InChI is InChI=1S/C22H36N8O6/c1-22(2,3)36-21(35)24-9-10-28(13-16(32)33)15(31)12-29-14-25-17-18(26-20(34)27-19(17)29)23-8-7-11-30(4,5)6/h14H,7-13H2,1-6H3,(H3-,23,24,26,27,32,33,34,35). The summed E-state index contributed by atoms with van der Waals surface area (Å²) in [7, 11) is 6.26. The molecule has 3 N–H and O–H groups in total. The predicted octanol–water partition coefficient (Wildman–Crippen LogP) is -1.27. The molecule has 2 aromatic heterocycles. The van der Waals surface area contributed by atoms with Crippen molar-refractivity contribution in [2.75, 3.05) is 59.2 Å². The molecule has 2 rings (SSSR count). The molecular weight excluding hydrogens is 472 g/mol. The van der Waals surface area contributed by atoms with Crippen LogP contribution in [0.5, 0.6) is 0 Å². The third kappa shape index (κ3) is 9.52. The number of quaternary nitrogens is 1. The van der Waals surface area contributed by atoms with Crippen molar-refractivity contribution in [3.05, 3.63) is 16.8 Å². The van der Waals surface area contributed by atoms with Gasteiger partial charge < -0.3 is 39.2 Å². The second-order valence-corrected chi connectivity index (χ2v) is 10.4. The number of rotatable bonds is 12. The summed E-state index contributed by atoms with van der Waals surface area (Å²) in [6, 6.07) is 0. The maximum Gasteiger partial charge on any atom is 0.407 e. The maximum absolute atomic E-state index is 12.9. The largest absolute Gasteiger partial charge is 0.548 e. The molecule has 0 aromatic carbocycles. The first-order valence-electron chi connectivity index (χ1n) is 11.6. The van der Waals surface area contributed by atoms with E-state index in [1.165, 1.54) is 10.9 Å². The summed E-state index contributed by atoms with van der Waals surface area (Å²) in [6.45, 7) is 5.54. The predicted molar refractivity (Wildman–Crippen MR) is 130 cm³/mol. The van der Waals surface area contributed by atoms with E-state index in [0.717, 1.165) is 22.3 Å². The Balaban J connectivity index is 2.09. The number of alkyl carbamates (subject to hydrolysis) is 1. The highest BCUT2D eigenvalue weighted by molar-refractivity contribution is 5.85. The fraction of sp³-hybridized carbons (Fsp3) is 0.636. The number of carboxylic acid groups (broad SMARTS) is 1. The lowest BCUT2D eigenvalue weighted by molar-refractivity contribution is -0.870. The van der Waals surface area contributed by atoms with Crippen molar-refractivity contribution in [1.82, 2.24) is 29.7 Å². The van der Waals surface area contributed by atoms with E-state index in [1.54, 1.807) is 20.8 Å². The van der Waals surface area contributed by atoms with Gasteiger partial charge in [0.1, 0.15) is 23.5 Å². The summed E-state index contributed by atoms with van der Waals surface area (Å²) in [5.74, 6) is -1.64. The van der Waals surface area contributed by atoms with Crippen molar-refractivity contribution in [3.8, 4) is 0 Å². The van der Waals surface area contributed by atoms with Crippen LogP contribution in [0.4, 0.5) is 10.6 Å². The van der Waals surface area contributed by atoms with Crippen LogP contribution in [0.1, 0.15) is 27.2 Å². The van der Waals surface area contributed by atoms with E-state index in [1.807, 2.05) is 0 Å². The van der Waals surface area contributed by atoms with Gasteiger partial charge >= 0.3 is 11.8 Å². The Morgan fingerprint density at radius 3 is 2.53 bits per heavy atom. The van der Waals surface area contributed by atoms with Crippen LogP contribution >= 0.6 is 0 Å². The molecule has 2 aromatic rings. The molecular formula is C22H36N8O6. The van der Waals surface area contributed by atoms with Gasteiger partial charge in [-0.05, 0) is 20.8 Å². The second-order valence-electron chi connectivity index (χ2n) is 10.4. The number of fused-ring (bicyclic) bond motifs is 1. The van der Waals surface area contributed by atoms with E-state index in [9.17, 15) is 24.3 Å². The molecule has 2 amide bonds. The second kappa shape index (κ2) is 11.8. The van der Waals surface area contributed by atoms with E-state index < -0.39 is 35.8 Å². The van der Waals surface area contributed by atoms with Gasteiger partial charge in [-0.15, -0.1) is 0 Å². The van der Waals surface area contributed by atoms with Crippen molar-refractivity contribution in [3.63, 3.8) is 0 Å². The highest BCUT2D eigenvalue weighted by Crippen LogP contribution is 2.16. The van der Waals surface area contributed by atoms with Crippen LogP contribution in [0.3, 0.4) is 0 Å². The van der Waals surface area contributed by atoms with Crippen LogP contribution in [0, 0.1) is 0 Å². The zero-order valence-electron chi connectivity index (χ0n) is 21.7. The van der Waals surface area contributed by atoms with Crippen LogP contribution in [-0.4, -0.2) is 106 Å². The van der Waals surface area contributed by atoms with Gasteiger partial charge in [0, 0.05) is 26.1 Å². The minimum absolute atomic E-state index is 0.0299. The Kier molecular flexibility index (Phi) is 9.39. The molecule has 0 aliphatic carbocycles. The topological polar surface area (TPSA) is 174 Å². The number of H-pyrrole nitrogens is 1. The van der Waals surface area contributed by atoms with Crippen molar-refractivity contribution in [2.24, 2.45) is 0 Å². The molecule has 0 aliphatic rings. The van der Waals surface area contributed by atoms with Gasteiger partial charge in [-0.3, -0.25) is 9.78 Å². The molecule has 0 radical (unpaired) electrons. The molecule has 0 atom stereocenters. The van der Waals surface area contributed by atoms with E-state index >= 15 is 0 Å². The molecule has 14 heteroatoms. The fourth-order valence-electron chi connectivity index (χ4n) is 3.27. The van der Waals surface area contributed by atoms with Gasteiger partial charge in [0.05, 0.1) is 46.5 Å². The zero-order chi connectivity index (χ0) is 27.1. The number of carbonyl (C=O) groups excluding carboxylic acids is 3. The number of carbonyl (C=O) groups is 3.